The zero-order chi connectivity index (χ0) is 24.8. The van der Waals surface area contributed by atoms with Crippen molar-refractivity contribution in [2.75, 3.05) is 5.32 Å². The van der Waals surface area contributed by atoms with Crippen LogP contribution in [0.1, 0.15) is 36.8 Å². The van der Waals surface area contributed by atoms with Crippen LogP contribution in [-0.2, 0) is 22.4 Å². The maximum Gasteiger partial charge on any atom is 0.412 e. The molecule has 0 spiro atoms. The fraction of sp³-hybridized carbons (Fsp3) is 0.179. The van der Waals surface area contributed by atoms with Gasteiger partial charge in [0.25, 0.3) is 0 Å². The number of benzene rings is 3. The summed E-state index contributed by atoms with van der Waals surface area (Å²) in [5, 5.41) is 15.9. The summed E-state index contributed by atoms with van der Waals surface area (Å²) in [6.45, 7) is 3.75. The number of nitrogens with one attached hydrogen (secondary N) is 1. The number of amides is 1. The summed E-state index contributed by atoms with van der Waals surface area (Å²) in [5.74, 6) is -0.405. The number of carboxylic acids is 1. The molecule has 1 unspecified atom stereocenters. The van der Waals surface area contributed by atoms with Crippen LogP contribution >= 0.6 is 0 Å². The van der Waals surface area contributed by atoms with Gasteiger partial charge in [0, 0.05) is 5.56 Å². The Bertz CT molecular complexity index is 1300. The highest BCUT2D eigenvalue weighted by Gasteiger charge is 2.21. The first kappa shape index (κ1) is 23.8. The number of aryl methyl sites for hydroxylation is 1. The predicted molar refractivity (Wildman–Crippen MR) is 133 cm³/mol. The number of hydrogen-bond acceptors (Lipinski definition) is 5. The summed E-state index contributed by atoms with van der Waals surface area (Å²) in [7, 11) is 0. The van der Waals surface area contributed by atoms with Gasteiger partial charge in [0.2, 0.25) is 0 Å². The van der Waals surface area contributed by atoms with Gasteiger partial charge in [-0.05, 0) is 35.6 Å². The van der Waals surface area contributed by atoms with E-state index in [1.165, 1.54) is 0 Å². The van der Waals surface area contributed by atoms with Crippen LogP contribution in [0.25, 0.3) is 22.5 Å². The van der Waals surface area contributed by atoms with Gasteiger partial charge in [0.1, 0.15) is 17.5 Å². The topological polar surface area (TPSA) is 102 Å². The Morgan fingerprint density at radius 2 is 1.54 bits per heavy atom. The highest BCUT2D eigenvalue weighted by atomic mass is 16.6. The maximum atomic E-state index is 12.6. The van der Waals surface area contributed by atoms with Gasteiger partial charge in [-0.2, -0.15) is 0 Å². The molecule has 0 fully saturated rings. The molecule has 0 aliphatic carbocycles. The number of anilines is 1. The molecule has 1 amide bonds. The number of ether oxygens (including phenoxy) is 1. The van der Waals surface area contributed by atoms with Gasteiger partial charge < -0.3 is 14.4 Å². The first-order valence-corrected chi connectivity index (χ1v) is 11.4. The molecule has 0 bridgehead atoms. The smallest absolute Gasteiger partial charge is 0.412 e. The van der Waals surface area contributed by atoms with Crippen molar-refractivity contribution in [3.8, 4) is 22.5 Å². The van der Waals surface area contributed by atoms with Crippen LogP contribution in [-0.4, -0.2) is 22.3 Å². The minimum Gasteiger partial charge on any atom is -0.481 e. The van der Waals surface area contributed by atoms with Gasteiger partial charge in [-0.1, -0.05) is 90.9 Å². The third-order valence-electron chi connectivity index (χ3n) is 5.67. The van der Waals surface area contributed by atoms with Crippen molar-refractivity contribution in [1.82, 2.24) is 5.16 Å². The molecule has 178 valence electrons. The predicted octanol–water partition coefficient (Wildman–Crippen LogP) is 6.51. The number of carbonyl (C=O) groups is 2. The SMILES string of the molecule is CCc1noc(-c2ccc(-c3ccc(CC(=O)O)cc3)cc2)c1NC(=O)OC(C)c1ccccc1. The summed E-state index contributed by atoms with van der Waals surface area (Å²) in [4.78, 5) is 23.5. The van der Waals surface area contributed by atoms with Crippen LogP contribution in [0.4, 0.5) is 10.5 Å². The van der Waals surface area contributed by atoms with E-state index in [4.69, 9.17) is 14.4 Å². The lowest BCUT2D eigenvalue weighted by Gasteiger charge is -2.14. The third-order valence-corrected chi connectivity index (χ3v) is 5.67. The molecule has 1 heterocycles. The second kappa shape index (κ2) is 10.7. The number of hydrogen-bond donors (Lipinski definition) is 2. The summed E-state index contributed by atoms with van der Waals surface area (Å²) in [6.07, 6.45) is -0.426. The highest BCUT2D eigenvalue weighted by molar-refractivity contribution is 5.91. The Morgan fingerprint density at radius 1 is 0.943 bits per heavy atom. The lowest BCUT2D eigenvalue weighted by molar-refractivity contribution is -0.136. The van der Waals surface area contributed by atoms with Gasteiger partial charge in [0.05, 0.1) is 6.42 Å². The van der Waals surface area contributed by atoms with Crippen molar-refractivity contribution in [2.24, 2.45) is 0 Å². The number of carbonyl (C=O) groups excluding carboxylic acids is 1. The molecule has 3 aromatic carbocycles. The Labute approximate surface area is 203 Å². The first-order valence-electron chi connectivity index (χ1n) is 11.4. The van der Waals surface area contributed by atoms with E-state index in [1.54, 1.807) is 0 Å². The van der Waals surface area contributed by atoms with Crippen LogP contribution in [0, 0.1) is 0 Å². The molecule has 2 N–H and O–H groups in total. The number of carboxylic acid groups (broad SMARTS) is 1. The molecule has 0 radical (unpaired) electrons. The minimum absolute atomic E-state index is 0.00713. The molecule has 1 aromatic heterocycles. The summed E-state index contributed by atoms with van der Waals surface area (Å²) >= 11 is 0. The van der Waals surface area contributed by atoms with Gasteiger partial charge in [0.15, 0.2) is 5.76 Å². The average Bonchev–Trinajstić information content (AvgIpc) is 3.27. The van der Waals surface area contributed by atoms with Crippen molar-refractivity contribution in [1.29, 1.82) is 0 Å². The highest BCUT2D eigenvalue weighted by Crippen LogP contribution is 2.33. The van der Waals surface area contributed by atoms with E-state index in [0.717, 1.165) is 27.8 Å². The minimum atomic E-state index is -0.858. The zero-order valence-electron chi connectivity index (χ0n) is 19.5. The second-order valence-corrected chi connectivity index (χ2v) is 8.11. The van der Waals surface area contributed by atoms with E-state index in [2.05, 4.69) is 10.5 Å². The van der Waals surface area contributed by atoms with Gasteiger partial charge in [-0.15, -0.1) is 0 Å². The van der Waals surface area contributed by atoms with Crippen molar-refractivity contribution in [3.05, 3.63) is 95.7 Å². The molecular formula is C28H26N2O5. The van der Waals surface area contributed by atoms with Crippen molar-refractivity contribution >= 4 is 17.7 Å². The molecule has 1 atom stereocenters. The lowest BCUT2D eigenvalue weighted by atomic mass is 10.0. The van der Waals surface area contributed by atoms with E-state index in [1.807, 2.05) is 92.7 Å². The molecule has 7 heteroatoms. The van der Waals surface area contributed by atoms with Crippen LogP contribution in [0.5, 0.6) is 0 Å². The zero-order valence-corrected chi connectivity index (χ0v) is 19.5. The quantitative estimate of drug-likeness (QED) is 0.304. The summed E-state index contributed by atoms with van der Waals surface area (Å²) < 4.78 is 11.1. The van der Waals surface area contributed by atoms with Gasteiger partial charge in [-0.3, -0.25) is 10.1 Å². The summed E-state index contributed by atoms with van der Waals surface area (Å²) in [6, 6.07) is 24.6. The van der Waals surface area contributed by atoms with Gasteiger partial charge in [-0.25, -0.2) is 4.79 Å². The van der Waals surface area contributed by atoms with E-state index >= 15 is 0 Å². The molecule has 0 saturated heterocycles. The molecule has 4 rings (SSSR count). The normalized spacial score (nSPS) is 11.6. The van der Waals surface area contributed by atoms with E-state index < -0.39 is 18.2 Å². The Morgan fingerprint density at radius 3 is 2.14 bits per heavy atom. The third kappa shape index (κ3) is 5.76. The standard InChI is InChI=1S/C28H26N2O5/c1-3-24-26(29-28(33)34-18(2)20-7-5-4-6-8-20)27(35-30-24)23-15-13-22(14-16-23)21-11-9-19(10-12-21)17-25(31)32/h4-16,18H,3,17H2,1-2H3,(H,29,33)(H,31,32). The Balaban J connectivity index is 1.51. The van der Waals surface area contributed by atoms with E-state index in [9.17, 15) is 9.59 Å². The van der Waals surface area contributed by atoms with Gasteiger partial charge >= 0.3 is 12.1 Å². The molecule has 7 nitrogen and oxygen atoms in total. The van der Waals surface area contributed by atoms with Crippen LogP contribution < -0.4 is 5.32 Å². The number of nitrogens with zero attached hydrogens (tertiary/aromatic N) is 1. The van der Waals surface area contributed by atoms with Crippen molar-refractivity contribution < 1.29 is 24.0 Å². The fourth-order valence-corrected chi connectivity index (χ4v) is 3.78. The van der Waals surface area contributed by atoms with Crippen LogP contribution in [0.2, 0.25) is 0 Å². The molecule has 0 aliphatic rings. The number of aromatic nitrogens is 1. The van der Waals surface area contributed by atoms with Crippen molar-refractivity contribution in [3.63, 3.8) is 0 Å². The average molecular weight is 471 g/mol. The molecule has 0 saturated carbocycles. The largest absolute Gasteiger partial charge is 0.481 e. The van der Waals surface area contributed by atoms with E-state index in [-0.39, 0.29) is 6.42 Å². The Hall–Kier alpha value is -4.39. The Kier molecular flexibility index (Phi) is 7.26. The molecule has 35 heavy (non-hydrogen) atoms. The second-order valence-electron chi connectivity index (χ2n) is 8.11. The van der Waals surface area contributed by atoms with Crippen LogP contribution in [0.15, 0.2) is 83.4 Å². The molecular weight excluding hydrogens is 444 g/mol. The molecule has 4 aromatic rings. The number of aliphatic carboxylic acids is 1. The number of rotatable bonds is 8. The van der Waals surface area contributed by atoms with Crippen LogP contribution in [0.3, 0.4) is 0 Å². The maximum absolute atomic E-state index is 12.6. The summed E-state index contributed by atoms with van der Waals surface area (Å²) in [5.41, 5.74) is 5.46. The lowest BCUT2D eigenvalue weighted by Crippen LogP contribution is -2.17. The van der Waals surface area contributed by atoms with E-state index in [0.29, 0.717) is 23.6 Å². The fourth-order valence-electron chi connectivity index (χ4n) is 3.78. The van der Waals surface area contributed by atoms with Crippen molar-refractivity contribution in [2.45, 2.75) is 32.8 Å². The molecule has 0 aliphatic heterocycles. The monoisotopic (exact) mass is 470 g/mol. The first-order chi connectivity index (χ1) is 16.9.